The van der Waals surface area contributed by atoms with E-state index in [1.54, 1.807) is 18.3 Å². The van der Waals surface area contributed by atoms with Crippen molar-refractivity contribution in [3.8, 4) is 11.4 Å². The Kier molecular flexibility index (Phi) is 2.57. The molecule has 0 saturated carbocycles. The van der Waals surface area contributed by atoms with Gasteiger partial charge in [-0.15, -0.1) is 0 Å². The minimum Gasteiger partial charge on any atom is -0.337 e. The SMILES string of the molecule is O=c1cc(-c2nc3nc(Cl)c(Cl)cc3[nH]2)cc[nH]1. The van der Waals surface area contributed by atoms with E-state index in [1.807, 2.05) is 0 Å². The van der Waals surface area contributed by atoms with Gasteiger partial charge < -0.3 is 9.97 Å². The predicted octanol–water partition coefficient (Wildman–Crippen LogP) is 2.62. The quantitative estimate of drug-likeness (QED) is 0.673. The van der Waals surface area contributed by atoms with Crippen LogP contribution < -0.4 is 5.56 Å². The first-order valence-electron chi connectivity index (χ1n) is 5.04. The zero-order chi connectivity index (χ0) is 12.7. The maximum atomic E-state index is 11.2. The molecule has 90 valence electrons. The van der Waals surface area contributed by atoms with Crippen molar-refractivity contribution < 1.29 is 0 Å². The number of hydrogen-bond donors (Lipinski definition) is 2. The van der Waals surface area contributed by atoms with E-state index < -0.39 is 0 Å². The van der Waals surface area contributed by atoms with Gasteiger partial charge in [0.05, 0.1) is 10.5 Å². The van der Waals surface area contributed by atoms with Crippen LogP contribution in [-0.4, -0.2) is 19.9 Å². The monoisotopic (exact) mass is 280 g/mol. The van der Waals surface area contributed by atoms with Crippen LogP contribution in [0.5, 0.6) is 0 Å². The molecule has 0 aliphatic carbocycles. The molecule has 7 heteroatoms. The van der Waals surface area contributed by atoms with E-state index in [4.69, 9.17) is 23.2 Å². The molecule has 0 unspecified atom stereocenters. The number of H-pyrrole nitrogens is 2. The average Bonchev–Trinajstić information content (AvgIpc) is 2.73. The van der Waals surface area contributed by atoms with Crippen LogP contribution in [0.25, 0.3) is 22.6 Å². The lowest BCUT2D eigenvalue weighted by molar-refractivity contribution is 1.22. The summed E-state index contributed by atoms with van der Waals surface area (Å²) in [6.07, 6.45) is 1.55. The first kappa shape index (κ1) is 11.3. The molecule has 2 N–H and O–H groups in total. The molecule has 0 amide bonds. The highest BCUT2D eigenvalue weighted by atomic mass is 35.5. The molecule has 3 rings (SSSR count). The van der Waals surface area contributed by atoms with Gasteiger partial charge in [0.15, 0.2) is 5.65 Å². The number of rotatable bonds is 1. The Morgan fingerprint density at radius 2 is 2.00 bits per heavy atom. The van der Waals surface area contributed by atoms with E-state index >= 15 is 0 Å². The molecule has 0 saturated heterocycles. The molecule has 0 spiro atoms. The van der Waals surface area contributed by atoms with Crippen LogP contribution in [0, 0.1) is 0 Å². The topological polar surface area (TPSA) is 74.4 Å². The van der Waals surface area contributed by atoms with Crippen molar-refractivity contribution in [1.82, 2.24) is 19.9 Å². The molecule has 0 fully saturated rings. The highest BCUT2D eigenvalue weighted by Gasteiger charge is 2.09. The highest BCUT2D eigenvalue weighted by molar-refractivity contribution is 6.41. The maximum absolute atomic E-state index is 11.2. The van der Waals surface area contributed by atoms with Crippen LogP contribution in [0.15, 0.2) is 29.2 Å². The van der Waals surface area contributed by atoms with E-state index in [9.17, 15) is 4.79 Å². The lowest BCUT2D eigenvalue weighted by Gasteiger charge is -1.93. The van der Waals surface area contributed by atoms with E-state index in [2.05, 4.69) is 19.9 Å². The van der Waals surface area contributed by atoms with E-state index in [1.165, 1.54) is 6.07 Å². The van der Waals surface area contributed by atoms with E-state index in [-0.39, 0.29) is 10.7 Å². The molecule has 0 aromatic carbocycles. The van der Waals surface area contributed by atoms with Gasteiger partial charge in [-0.3, -0.25) is 4.79 Å². The van der Waals surface area contributed by atoms with Gasteiger partial charge in [-0.1, -0.05) is 23.2 Å². The molecule has 3 aromatic rings. The summed E-state index contributed by atoms with van der Waals surface area (Å²) in [5, 5.41) is 0.554. The number of pyridine rings is 2. The number of aromatic nitrogens is 4. The summed E-state index contributed by atoms with van der Waals surface area (Å²) in [7, 11) is 0. The minimum atomic E-state index is -0.197. The molecule has 0 atom stereocenters. The first-order valence-corrected chi connectivity index (χ1v) is 5.80. The zero-order valence-electron chi connectivity index (χ0n) is 8.87. The molecule has 0 aliphatic rings. The molecule has 0 radical (unpaired) electrons. The van der Waals surface area contributed by atoms with Crippen LogP contribution in [0.3, 0.4) is 0 Å². The predicted molar refractivity (Wildman–Crippen MR) is 70.0 cm³/mol. The standard InChI is InChI=1S/C11H6Cl2N4O/c12-6-4-7-11(16-9(6)13)17-10(15-7)5-1-2-14-8(18)3-5/h1-4H,(H,14,18)(H,15,16,17). The van der Waals surface area contributed by atoms with Gasteiger partial charge in [-0.05, 0) is 12.1 Å². The molecular weight excluding hydrogens is 275 g/mol. The minimum absolute atomic E-state index is 0.197. The molecule has 3 heterocycles. The second kappa shape index (κ2) is 4.12. The Morgan fingerprint density at radius 3 is 2.78 bits per heavy atom. The Bertz CT molecular complexity index is 754. The number of fused-ring (bicyclic) bond motifs is 1. The average molecular weight is 281 g/mol. The Balaban J connectivity index is 2.22. The van der Waals surface area contributed by atoms with Crippen LogP contribution >= 0.6 is 23.2 Å². The molecule has 5 nitrogen and oxygen atoms in total. The summed E-state index contributed by atoms with van der Waals surface area (Å²) in [4.78, 5) is 25.1. The molecule has 18 heavy (non-hydrogen) atoms. The normalized spacial score (nSPS) is 11.0. The highest BCUT2D eigenvalue weighted by Crippen LogP contribution is 2.25. The van der Waals surface area contributed by atoms with Gasteiger partial charge in [0, 0.05) is 17.8 Å². The van der Waals surface area contributed by atoms with Crippen LogP contribution in [0.2, 0.25) is 10.2 Å². The van der Waals surface area contributed by atoms with Crippen molar-refractivity contribution in [3.05, 3.63) is 44.9 Å². The fourth-order valence-electron chi connectivity index (χ4n) is 1.62. The first-order chi connectivity index (χ1) is 8.63. The number of imidazole rings is 1. The fourth-order valence-corrected chi connectivity index (χ4v) is 1.91. The van der Waals surface area contributed by atoms with Crippen molar-refractivity contribution in [1.29, 1.82) is 0 Å². The number of hydrogen-bond acceptors (Lipinski definition) is 3. The number of nitrogens with one attached hydrogen (secondary N) is 2. The maximum Gasteiger partial charge on any atom is 0.248 e. The van der Waals surface area contributed by atoms with Crippen molar-refractivity contribution in [2.45, 2.75) is 0 Å². The van der Waals surface area contributed by atoms with E-state index in [0.29, 0.717) is 27.6 Å². The fraction of sp³-hybridized carbons (Fsp3) is 0. The van der Waals surface area contributed by atoms with Gasteiger partial charge in [0.1, 0.15) is 11.0 Å². The van der Waals surface area contributed by atoms with Crippen LogP contribution in [0.4, 0.5) is 0 Å². The molecule has 0 aliphatic heterocycles. The summed E-state index contributed by atoms with van der Waals surface area (Å²) in [5.74, 6) is 0.543. The second-order valence-electron chi connectivity index (χ2n) is 3.66. The number of nitrogens with zero attached hydrogens (tertiary/aromatic N) is 2. The lowest BCUT2D eigenvalue weighted by atomic mass is 10.2. The molecular formula is C11H6Cl2N4O. The summed E-state index contributed by atoms with van der Waals surface area (Å²) >= 11 is 11.7. The molecule has 3 aromatic heterocycles. The van der Waals surface area contributed by atoms with Crippen molar-refractivity contribution >= 4 is 34.4 Å². The summed E-state index contributed by atoms with van der Waals surface area (Å²) in [5.41, 5.74) is 1.60. The third-order valence-corrected chi connectivity index (χ3v) is 3.11. The van der Waals surface area contributed by atoms with Crippen molar-refractivity contribution in [2.75, 3.05) is 0 Å². The van der Waals surface area contributed by atoms with Gasteiger partial charge in [-0.2, -0.15) is 0 Å². The molecule has 0 bridgehead atoms. The third kappa shape index (κ3) is 1.87. The summed E-state index contributed by atoms with van der Waals surface area (Å²) in [6.45, 7) is 0. The Labute approximate surface area is 111 Å². The van der Waals surface area contributed by atoms with Gasteiger partial charge in [0.25, 0.3) is 0 Å². The number of halogens is 2. The largest absolute Gasteiger partial charge is 0.337 e. The van der Waals surface area contributed by atoms with Gasteiger partial charge >= 0.3 is 0 Å². The third-order valence-electron chi connectivity index (χ3n) is 2.43. The van der Waals surface area contributed by atoms with Gasteiger partial charge in [0.2, 0.25) is 5.56 Å². The smallest absolute Gasteiger partial charge is 0.248 e. The van der Waals surface area contributed by atoms with Crippen molar-refractivity contribution in [3.63, 3.8) is 0 Å². The van der Waals surface area contributed by atoms with Crippen LogP contribution in [-0.2, 0) is 0 Å². The lowest BCUT2D eigenvalue weighted by Crippen LogP contribution is -2.02. The van der Waals surface area contributed by atoms with Crippen molar-refractivity contribution in [2.24, 2.45) is 0 Å². The van der Waals surface area contributed by atoms with Crippen LogP contribution in [0.1, 0.15) is 0 Å². The Hall–Kier alpha value is -1.85. The van der Waals surface area contributed by atoms with Gasteiger partial charge in [-0.25, -0.2) is 9.97 Å². The summed E-state index contributed by atoms with van der Waals surface area (Å²) < 4.78 is 0. The Morgan fingerprint density at radius 1 is 1.17 bits per heavy atom. The summed E-state index contributed by atoms with van der Waals surface area (Å²) in [6, 6.07) is 4.83. The number of aromatic amines is 2. The second-order valence-corrected chi connectivity index (χ2v) is 4.42. The van der Waals surface area contributed by atoms with E-state index in [0.717, 1.165) is 0 Å². The zero-order valence-corrected chi connectivity index (χ0v) is 10.4.